The van der Waals surface area contributed by atoms with Crippen molar-refractivity contribution in [3.63, 3.8) is 0 Å². The molecule has 1 aliphatic heterocycles. The highest BCUT2D eigenvalue weighted by atomic mass is 19.1. The van der Waals surface area contributed by atoms with Gasteiger partial charge >= 0.3 is 5.69 Å². The van der Waals surface area contributed by atoms with Gasteiger partial charge in [-0.25, -0.2) is 23.4 Å². The van der Waals surface area contributed by atoms with Crippen LogP contribution in [0.15, 0.2) is 35.3 Å². The Labute approximate surface area is 205 Å². The molecule has 1 aliphatic carbocycles. The number of amides is 1. The van der Waals surface area contributed by atoms with Crippen molar-refractivity contribution in [1.82, 2.24) is 19.3 Å². The van der Waals surface area contributed by atoms with Gasteiger partial charge in [0.05, 0.1) is 40.3 Å². The number of halogens is 1. The maximum Gasteiger partial charge on any atom is 0.350 e. The molecule has 1 saturated carbocycles. The first-order chi connectivity index (χ1) is 17.9. The molecule has 182 valence electrons. The molecule has 2 N–H and O–H groups in total. The minimum absolute atomic E-state index is 0.0114. The van der Waals surface area contributed by atoms with Gasteiger partial charge in [0, 0.05) is 36.9 Å². The van der Waals surface area contributed by atoms with E-state index in [4.69, 9.17) is 4.11 Å². The van der Waals surface area contributed by atoms with E-state index in [2.05, 4.69) is 20.7 Å². The monoisotopic (exact) mass is 482 g/mol. The number of nitrogens with one attached hydrogen (secondary N) is 2. The van der Waals surface area contributed by atoms with Crippen molar-refractivity contribution in [2.24, 2.45) is 13.0 Å². The Kier molecular flexibility index (Phi) is 4.59. The maximum absolute atomic E-state index is 13.4. The SMILES string of the molecule is [2H]C([2H])([2H])CC(=O)c1cnc(NC(=O)C2CC2F)cc1Nc1cccc2c1N(C)[C@H](C)c1nn(C)c(=O)n1-2. The van der Waals surface area contributed by atoms with Gasteiger partial charge in [-0.15, -0.1) is 0 Å². The number of pyridine rings is 1. The van der Waals surface area contributed by atoms with E-state index in [9.17, 15) is 18.8 Å². The number of aryl methyl sites for hydroxylation is 1. The number of fused-ring (bicyclic) bond motifs is 3. The quantitative estimate of drug-likeness (QED) is 0.519. The normalized spacial score (nSPS) is 21.8. The predicted octanol–water partition coefficient (Wildman–Crippen LogP) is 3.11. The van der Waals surface area contributed by atoms with Crippen molar-refractivity contribution < 1.29 is 18.1 Å². The first-order valence-electron chi connectivity index (χ1n) is 12.6. The fraction of sp³-hybridized carbons (Fsp3) is 0.375. The summed E-state index contributed by atoms with van der Waals surface area (Å²) in [5.74, 6) is -1.28. The fourth-order valence-electron chi connectivity index (χ4n) is 4.27. The number of rotatable bonds is 6. The minimum atomic E-state index is -2.50. The maximum atomic E-state index is 13.4. The topological polar surface area (TPSA) is 114 Å². The van der Waals surface area contributed by atoms with Gasteiger partial charge in [0.2, 0.25) is 5.91 Å². The lowest BCUT2D eigenvalue weighted by Gasteiger charge is -2.35. The number of para-hydroxylation sites is 1. The average Bonchev–Trinajstić information content (AvgIpc) is 3.49. The van der Waals surface area contributed by atoms with Crippen LogP contribution >= 0.6 is 0 Å². The molecule has 3 heterocycles. The molecule has 11 heteroatoms. The zero-order valence-electron chi connectivity index (χ0n) is 22.4. The molecule has 10 nitrogen and oxygen atoms in total. The van der Waals surface area contributed by atoms with Crippen LogP contribution in [0.1, 0.15) is 53.0 Å². The molecule has 35 heavy (non-hydrogen) atoms. The van der Waals surface area contributed by atoms with E-state index in [1.54, 1.807) is 25.2 Å². The first-order valence-corrected chi connectivity index (χ1v) is 11.1. The number of nitrogens with zero attached hydrogens (tertiary/aromatic N) is 5. The highest BCUT2D eigenvalue weighted by Crippen LogP contribution is 2.42. The Bertz CT molecular complexity index is 1520. The number of Topliss-reactive ketones (excluding diaryl/α,β-unsaturated/α-hetero) is 1. The summed E-state index contributed by atoms with van der Waals surface area (Å²) in [6, 6.07) is 6.40. The number of carbonyl (C=O) groups excluding carboxylic acids is 2. The molecule has 5 rings (SSSR count). The molecule has 3 aromatic rings. The highest BCUT2D eigenvalue weighted by molar-refractivity contribution is 6.03. The number of hydrogen-bond donors (Lipinski definition) is 2. The molecule has 0 radical (unpaired) electrons. The van der Waals surface area contributed by atoms with E-state index in [0.29, 0.717) is 22.9 Å². The summed E-state index contributed by atoms with van der Waals surface area (Å²) in [5.41, 5.74) is 1.65. The summed E-state index contributed by atoms with van der Waals surface area (Å²) < 4.78 is 38.7. The molecule has 2 aliphatic rings. The Morgan fingerprint density at radius 2 is 2.06 bits per heavy atom. The highest BCUT2D eigenvalue weighted by Gasteiger charge is 2.43. The summed E-state index contributed by atoms with van der Waals surface area (Å²) in [4.78, 5) is 44.1. The van der Waals surface area contributed by atoms with Crippen molar-refractivity contribution in [2.75, 3.05) is 22.6 Å². The van der Waals surface area contributed by atoms with Gasteiger partial charge in [-0.2, -0.15) is 5.10 Å². The van der Waals surface area contributed by atoms with Crippen molar-refractivity contribution in [3.8, 4) is 5.69 Å². The van der Waals surface area contributed by atoms with Crippen LogP contribution in [0.25, 0.3) is 5.69 Å². The molecule has 0 saturated heterocycles. The third-order valence-corrected chi connectivity index (χ3v) is 6.45. The third-order valence-electron chi connectivity index (χ3n) is 6.45. The Morgan fingerprint density at radius 1 is 1.29 bits per heavy atom. The van der Waals surface area contributed by atoms with E-state index < -0.39 is 37.1 Å². The third kappa shape index (κ3) is 3.76. The van der Waals surface area contributed by atoms with Gasteiger partial charge in [-0.3, -0.25) is 9.59 Å². The molecular weight excluding hydrogens is 453 g/mol. The van der Waals surface area contributed by atoms with Crippen molar-refractivity contribution in [3.05, 3.63) is 52.3 Å². The number of alkyl halides is 1. The van der Waals surface area contributed by atoms with Crippen LogP contribution in [0.4, 0.5) is 27.3 Å². The summed E-state index contributed by atoms with van der Waals surface area (Å²) in [7, 11) is 3.42. The standard InChI is InChI=1S/C24H26FN7O3/c1-5-19(33)14-11-26-20(28-23(34)13-9-15(13)25)10-17(14)27-16-7-6-8-18-21(16)30(3)12(2)22-29-31(4)24(35)32(18)22/h6-8,10-13,15H,5,9H2,1-4H3,(H2,26,27,28,34)/t12-,13?,15?/m1/s1/i1D3. The van der Waals surface area contributed by atoms with Gasteiger partial charge in [-0.05, 0) is 25.5 Å². The van der Waals surface area contributed by atoms with Crippen LogP contribution in [0.3, 0.4) is 0 Å². The number of carbonyl (C=O) groups is 2. The van der Waals surface area contributed by atoms with E-state index in [0.717, 1.165) is 0 Å². The number of benzene rings is 1. The first kappa shape index (κ1) is 19.3. The molecule has 3 atom stereocenters. The van der Waals surface area contributed by atoms with Crippen LogP contribution in [-0.2, 0) is 11.8 Å². The molecule has 2 unspecified atom stereocenters. The average molecular weight is 483 g/mol. The fourth-order valence-corrected chi connectivity index (χ4v) is 4.27. The predicted molar refractivity (Wildman–Crippen MR) is 129 cm³/mol. The molecule has 0 bridgehead atoms. The Hall–Kier alpha value is -4.02. The van der Waals surface area contributed by atoms with Crippen molar-refractivity contribution in [2.45, 2.75) is 38.8 Å². The van der Waals surface area contributed by atoms with E-state index in [1.807, 2.05) is 18.9 Å². The van der Waals surface area contributed by atoms with E-state index >= 15 is 0 Å². The summed E-state index contributed by atoms with van der Waals surface area (Å²) in [6.07, 6.45) is -0.569. The van der Waals surface area contributed by atoms with E-state index in [1.165, 1.54) is 21.5 Å². The number of hydrogen-bond acceptors (Lipinski definition) is 7. The largest absolute Gasteiger partial charge is 0.361 e. The zero-order chi connectivity index (χ0) is 27.5. The second kappa shape index (κ2) is 8.33. The number of ketones is 1. The minimum Gasteiger partial charge on any atom is -0.361 e. The van der Waals surface area contributed by atoms with Crippen molar-refractivity contribution in [1.29, 1.82) is 0 Å². The van der Waals surface area contributed by atoms with Gasteiger partial charge < -0.3 is 15.5 Å². The number of aromatic nitrogens is 4. The molecule has 1 aromatic carbocycles. The van der Waals surface area contributed by atoms with Gasteiger partial charge in [-0.1, -0.05) is 12.9 Å². The van der Waals surface area contributed by atoms with Gasteiger partial charge in [0.1, 0.15) is 12.0 Å². The van der Waals surface area contributed by atoms with E-state index in [-0.39, 0.29) is 35.2 Å². The molecule has 0 spiro atoms. The van der Waals surface area contributed by atoms with Gasteiger partial charge in [0.25, 0.3) is 0 Å². The summed E-state index contributed by atoms with van der Waals surface area (Å²) >= 11 is 0. The molecule has 2 aromatic heterocycles. The van der Waals surface area contributed by atoms with Gasteiger partial charge in [0.15, 0.2) is 11.6 Å². The zero-order valence-corrected chi connectivity index (χ0v) is 19.4. The summed E-state index contributed by atoms with van der Waals surface area (Å²) in [6.45, 7) is -0.595. The molecular formula is C24H26FN7O3. The van der Waals surface area contributed by atoms with Crippen LogP contribution in [0, 0.1) is 5.92 Å². The van der Waals surface area contributed by atoms with Crippen LogP contribution in [-0.4, -0.2) is 44.2 Å². The Morgan fingerprint density at radius 3 is 2.77 bits per heavy atom. The lowest BCUT2D eigenvalue weighted by Crippen LogP contribution is -2.34. The summed E-state index contributed by atoms with van der Waals surface area (Å²) in [5, 5.41) is 10.1. The second-order valence-corrected chi connectivity index (χ2v) is 8.75. The van der Waals surface area contributed by atoms with Crippen LogP contribution < -0.4 is 21.2 Å². The molecule has 1 fully saturated rings. The Balaban J connectivity index is 1.58. The van der Waals surface area contributed by atoms with Crippen LogP contribution in [0.5, 0.6) is 0 Å². The lowest BCUT2D eigenvalue weighted by molar-refractivity contribution is -0.117. The van der Waals surface area contributed by atoms with Crippen molar-refractivity contribution >= 4 is 34.6 Å². The second-order valence-electron chi connectivity index (χ2n) is 8.75. The van der Waals surface area contributed by atoms with Crippen LogP contribution in [0.2, 0.25) is 0 Å². The lowest BCUT2D eigenvalue weighted by atomic mass is 10.1. The number of anilines is 4. The smallest absolute Gasteiger partial charge is 0.350 e. The molecule has 1 amide bonds.